The lowest BCUT2D eigenvalue weighted by Gasteiger charge is -2.24. The van der Waals surface area contributed by atoms with Gasteiger partial charge in [0.25, 0.3) is 0 Å². The van der Waals surface area contributed by atoms with Crippen LogP contribution >= 0.6 is 0 Å². The Bertz CT molecular complexity index is 501. The highest BCUT2D eigenvalue weighted by Gasteiger charge is 2.18. The van der Waals surface area contributed by atoms with Gasteiger partial charge in [0.15, 0.2) is 0 Å². The molecule has 0 atom stereocenters. The normalized spacial score (nSPS) is 11.3. The lowest BCUT2D eigenvalue weighted by atomic mass is 10.2. The molecule has 0 aliphatic carbocycles. The molecule has 2 N–H and O–H groups in total. The predicted molar refractivity (Wildman–Crippen MR) is 83.3 cm³/mol. The Morgan fingerprint density at radius 3 is 2.73 bits per heavy atom. The van der Waals surface area contributed by atoms with E-state index in [4.69, 9.17) is 4.74 Å². The van der Waals surface area contributed by atoms with E-state index in [0.29, 0.717) is 25.2 Å². The molecule has 22 heavy (non-hydrogen) atoms. The smallest absolute Gasteiger partial charge is 0.410 e. The van der Waals surface area contributed by atoms with Gasteiger partial charge in [-0.1, -0.05) is 0 Å². The van der Waals surface area contributed by atoms with Crippen LogP contribution < -0.4 is 5.32 Å². The van der Waals surface area contributed by atoms with Gasteiger partial charge in [-0.05, 0) is 51.9 Å². The van der Waals surface area contributed by atoms with E-state index in [1.807, 2.05) is 20.8 Å². The molecular weight excluding hydrogens is 287 g/mol. The molecule has 5 nitrogen and oxygen atoms in total. The molecule has 0 saturated carbocycles. The van der Waals surface area contributed by atoms with E-state index in [0.717, 1.165) is 6.42 Å². The van der Waals surface area contributed by atoms with Crippen molar-refractivity contribution in [1.29, 1.82) is 0 Å². The van der Waals surface area contributed by atoms with E-state index in [9.17, 15) is 14.3 Å². The molecule has 0 aromatic heterocycles. The van der Waals surface area contributed by atoms with Crippen molar-refractivity contribution in [3.05, 3.63) is 29.6 Å². The predicted octanol–water partition coefficient (Wildman–Crippen LogP) is 2.88. The van der Waals surface area contributed by atoms with Gasteiger partial charge in [-0.2, -0.15) is 0 Å². The average molecular weight is 312 g/mol. The first-order valence-corrected chi connectivity index (χ1v) is 7.31. The van der Waals surface area contributed by atoms with Crippen molar-refractivity contribution in [1.82, 2.24) is 10.2 Å². The van der Waals surface area contributed by atoms with Gasteiger partial charge in [-0.15, -0.1) is 0 Å². The molecule has 1 aromatic rings. The van der Waals surface area contributed by atoms with Crippen molar-refractivity contribution in [2.75, 3.05) is 20.1 Å². The Morgan fingerprint density at radius 1 is 1.41 bits per heavy atom. The summed E-state index contributed by atoms with van der Waals surface area (Å²) in [6, 6.07) is 3.85. The summed E-state index contributed by atoms with van der Waals surface area (Å²) in [5.74, 6) is -0.306. The molecule has 0 unspecified atom stereocenters. The molecule has 6 heteroatoms. The van der Waals surface area contributed by atoms with Crippen LogP contribution in [0, 0.1) is 5.82 Å². The topological polar surface area (TPSA) is 61.8 Å². The average Bonchev–Trinajstić information content (AvgIpc) is 2.40. The maximum absolute atomic E-state index is 13.1. The summed E-state index contributed by atoms with van der Waals surface area (Å²) in [4.78, 5) is 13.3. The zero-order chi connectivity index (χ0) is 16.8. The van der Waals surface area contributed by atoms with E-state index in [-0.39, 0.29) is 17.7 Å². The number of hydrogen-bond acceptors (Lipinski definition) is 4. The van der Waals surface area contributed by atoms with Crippen molar-refractivity contribution in [3.63, 3.8) is 0 Å². The Labute approximate surface area is 131 Å². The third-order valence-electron chi connectivity index (χ3n) is 2.91. The molecule has 0 aliphatic heterocycles. The number of nitrogens with zero attached hydrogens (tertiary/aromatic N) is 1. The van der Waals surface area contributed by atoms with Crippen LogP contribution in [0.15, 0.2) is 18.2 Å². The monoisotopic (exact) mass is 312 g/mol. The van der Waals surface area contributed by atoms with Gasteiger partial charge in [0, 0.05) is 25.7 Å². The third kappa shape index (κ3) is 6.76. The molecule has 1 rings (SSSR count). The first kappa shape index (κ1) is 18.2. The summed E-state index contributed by atoms with van der Waals surface area (Å²) < 4.78 is 18.3. The van der Waals surface area contributed by atoms with Crippen molar-refractivity contribution in [3.8, 4) is 5.75 Å². The van der Waals surface area contributed by atoms with Gasteiger partial charge in [0.05, 0.1) is 0 Å². The number of aromatic hydroxyl groups is 1. The minimum Gasteiger partial charge on any atom is -0.508 e. The van der Waals surface area contributed by atoms with Gasteiger partial charge >= 0.3 is 6.09 Å². The summed E-state index contributed by atoms with van der Waals surface area (Å²) >= 11 is 0. The summed E-state index contributed by atoms with van der Waals surface area (Å²) in [7, 11) is 1.69. The maximum Gasteiger partial charge on any atom is 0.410 e. The Hall–Kier alpha value is -1.82. The Balaban J connectivity index is 2.25. The molecule has 0 aliphatic rings. The van der Waals surface area contributed by atoms with E-state index >= 15 is 0 Å². The molecule has 1 amide bonds. The number of phenols is 1. The SMILES string of the molecule is CN(CCCNCc1cc(F)ccc1O)C(=O)OC(C)(C)C. The van der Waals surface area contributed by atoms with E-state index in [1.165, 1.54) is 23.1 Å². The van der Waals surface area contributed by atoms with Crippen LogP contribution in [0.4, 0.5) is 9.18 Å². The number of benzene rings is 1. The number of phenolic OH excluding ortho intramolecular Hbond substituents is 1. The Morgan fingerprint density at radius 2 is 2.09 bits per heavy atom. The maximum atomic E-state index is 13.1. The highest BCUT2D eigenvalue weighted by atomic mass is 19.1. The molecule has 0 fully saturated rings. The minimum absolute atomic E-state index is 0.0692. The second-order valence-electron chi connectivity index (χ2n) is 6.21. The van der Waals surface area contributed by atoms with E-state index in [1.54, 1.807) is 7.05 Å². The van der Waals surface area contributed by atoms with Gasteiger partial charge < -0.3 is 20.1 Å². The summed E-state index contributed by atoms with van der Waals surface area (Å²) in [5.41, 5.74) is 0.0129. The van der Waals surface area contributed by atoms with Crippen molar-refractivity contribution < 1.29 is 19.0 Å². The number of ether oxygens (including phenoxy) is 1. The lowest BCUT2D eigenvalue weighted by molar-refractivity contribution is 0.0297. The lowest BCUT2D eigenvalue weighted by Crippen LogP contribution is -2.35. The summed E-state index contributed by atoms with van der Waals surface area (Å²) in [5, 5.41) is 12.7. The standard InChI is InChI=1S/C16H25FN2O3/c1-16(2,3)22-15(21)19(4)9-5-8-18-11-12-10-13(17)6-7-14(12)20/h6-7,10,18,20H,5,8-9,11H2,1-4H3. The van der Waals surface area contributed by atoms with E-state index < -0.39 is 5.60 Å². The number of hydrogen-bond donors (Lipinski definition) is 2. The van der Waals surface area contributed by atoms with Crippen molar-refractivity contribution in [2.45, 2.75) is 39.3 Å². The molecule has 124 valence electrons. The molecule has 0 saturated heterocycles. The number of halogens is 1. The van der Waals surface area contributed by atoms with Gasteiger partial charge in [0.1, 0.15) is 17.2 Å². The quantitative estimate of drug-likeness (QED) is 0.793. The fourth-order valence-electron chi connectivity index (χ4n) is 1.79. The number of rotatable bonds is 6. The van der Waals surface area contributed by atoms with Crippen LogP contribution in [0.5, 0.6) is 5.75 Å². The first-order chi connectivity index (χ1) is 10.2. The zero-order valence-corrected chi connectivity index (χ0v) is 13.6. The summed E-state index contributed by atoms with van der Waals surface area (Å²) in [6.07, 6.45) is 0.376. The molecule has 0 heterocycles. The van der Waals surface area contributed by atoms with Crippen LogP contribution in [-0.2, 0) is 11.3 Å². The second kappa shape index (κ2) is 7.98. The zero-order valence-electron chi connectivity index (χ0n) is 13.6. The number of nitrogens with one attached hydrogen (secondary N) is 1. The van der Waals surface area contributed by atoms with Gasteiger partial charge in [-0.3, -0.25) is 0 Å². The summed E-state index contributed by atoms with van der Waals surface area (Å²) in [6.45, 7) is 7.04. The molecule has 0 radical (unpaired) electrons. The molecule has 1 aromatic carbocycles. The van der Waals surface area contributed by atoms with Crippen LogP contribution in [0.3, 0.4) is 0 Å². The van der Waals surface area contributed by atoms with E-state index in [2.05, 4.69) is 5.32 Å². The van der Waals surface area contributed by atoms with Crippen molar-refractivity contribution >= 4 is 6.09 Å². The second-order valence-corrected chi connectivity index (χ2v) is 6.21. The molecule has 0 bridgehead atoms. The van der Waals surface area contributed by atoms with Crippen LogP contribution in [0.25, 0.3) is 0 Å². The minimum atomic E-state index is -0.501. The number of carbonyl (C=O) groups is 1. The van der Waals surface area contributed by atoms with Crippen LogP contribution in [0.1, 0.15) is 32.8 Å². The Kier molecular flexibility index (Phi) is 6.61. The van der Waals surface area contributed by atoms with Crippen molar-refractivity contribution in [2.24, 2.45) is 0 Å². The number of carbonyl (C=O) groups excluding carboxylic acids is 1. The van der Waals surface area contributed by atoms with Gasteiger partial charge in [0.2, 0.25) is 0 Å². The largest absolute Gasteiger partial charge is 0.508 e. The van der Waals surface area contributed by atoms with Crippen LogP contribution in [-0.4, -0.2) is 41.8 Å². The highest BCUT2D eigenvalue weighted by Crippen LogP contribution is 2.17. The van der Waals surface area contributed by atoms with Gasteiger partial charge in [-0.25, -0.2) is 9.18 Å². The fraction of sp³-hybridized carbons (Fsp3) is 0.562. The third-order valence-corrected chi connectivity index (χ3v) is 2.91. The fourth-order valence-corrected chi connectivity index (χ4v) is 1.79. The van der Waals surface area contributed by atoms with Crippen LogP contribution in [0.2, 0.25) is 0 Å². The first-order valence-electron chi connectivity index (χ1n) is 7.31. The highest BCUT2D eigenvalue weighted by molar-refractivity contribution is 5.67. The molecular formula is C16H25FN2O3. The number of amides is 1. The molecule has 0 spiro atoms.